The Balaban J connectivity index is 1.91. The number of aryl methyl sites for hydroxylation is 2. The van der Waals surface area contributed by atoms with Crippen LogP contribution in [0.3, 0.4) is 0 Å². The van der Waals surface area contributed by atoms with Crippen LogP contribution in [0.25, 0.3) is 10.9 Å². The highest BCUT2D eigenvalue weighted by Gasteiger charge is 2.15. The number of fused-ring (bicyclic) bond motifs is 1. The Hall–Kier alpha value is -2.46. The number of aromatic nitrogens is 1. The van der Waals surface area contributed by atoms with E-state index < -0.39 is 0 Å². The van der Waals surface area contributed by atoms with Gasteiger partial charge in [-0.3, -0.25) is 4.79 Å². The lowest BCUT2D eigenvalue weighted by molar-refractivity contribution is 0.102. The average Bonchev–Trinajstić information content (AvgIpc) is 2.84. The van der Waals surface area contributed by atoms with Crippen molar-refractivity contribution in [2.45, 2.75) is 13.8 Å². The van der Waals surface area contributed by atoms with Gasteiger partial charge in [0.25, 0.3) is 5.91 Å². The number of amides is 1. The van der Waals surface area contributed by atoms with E-state index in [0.29, 0.717) is 22.2 Å². The molecule has 5 heteroatoms. The van der Waals surface area contributed by atoms with Crippen LogP contribution in [0.4, 0.5) is 5.69 Å². The zero-order valence-corrected chi connectivity index (χ0v) is 13.9. The van der Waals surface area contributed by atoms with Crippen LogP contribution in [-0.2, 0) is 0 Å². The second kappa shape index (κ2) is 5.97. The molecule has 118 valence electrons. The second-order valence-electron chi connectivity index (χ2n) is 5.48. The summed E-state index contributed by atoms with van der Waals surface area (Å²) < 4.78 is 5.11. The number of anilines is 1. The predicted molar refractivity (Wildman–Crippen MR) is 93.7 cm³/mol. The Bertz CT molecular complexity index is 899. The molecule has 1 heterocycles. The maximum atomic E-state index is 12.5. The number of aromatic amines is 1. The molecule has 0 aliphatic rings. The zero-order valence-electron chi connectivity index (χ0n) is 13.2. The van der Waals surface area contributed by atoms with E-state index in [1.165, 1.54) is 0 Å². The standard InChI is InChI=1S/C18H17ClN2O2/c1-10-4-6-15-13(8-10)11(2)17(21-15)18(22)20-12-5-7-16(23-3)14(19)9-12/h4-9,21H,1-3H3,(H,20,22). The molecule has 1 aromatic heterocycles. The molecule has 0 unspecified atom stereocenters. The average molecular weight is 329 g/mol. The number of methoxy groups -OCH3 is 1. The fourth-order valence-corrected chi connectivity index (χ4v) is 2.86. The van der Waals surface area contributed by atoms with Crippen LogP contribution in [-0.4, -0.2) is 18.0 Å². The van der Waals surface area contributed by atoms with Crippen molar-refractivity contribution in [3.05, 3.63) is 58.2 Å². The largest absolute Gasteiger partial charge is 0.495 e. The molecule has 0 spiro atoms. The van der Waals surface area contributed by atoms with E-state index in [1.54, 1.807) is 25.3 Å². The molecule has 0 saturated carbocycles. The third-order valence-electron chi connectivity index (χ3n) is 3.85. The monoisotopic (exact) mass is 328 g/mol. The molecule has 0 radical (unpaired) electrons. The van der Waals surface area contributed by atoms with Crippen LogP contribution in [0, 0.1) is 13.8 Å². The van der Waals surface area contributed by atoms with Gasteiger partial charge in [-0.1, -0.05) is 23.2 Å². The Morgan fingerprint density at radius 1 is 1.17 bits per heavy atom. The molecule has 3 rings (SSSR count). The SMILES string of the molecule is COc1ccc(NC(=O)c2[nH]c3ccc(C)cc3c2C)cc1Cl. The fraction of sp³-hybridized carbons (Fsp3) is 0.167. The first-order chi connectivity index (χ1) is 11.0. The van der Waals surface area contributed by atoms with Gasteiger partial charge in [-0.05, 0) is 49.7 Å². The number of carbonyl (C=O) groups is 1. The summed E-state index contributed by atoms with van der Waals surface area (Å²) in [7, 11) is 1.55. The summed E-state index contributed by atoms with van der Waals surface area (Å²) in [6.07, 6.45) is 0. The van der Waals surface area contributed by atoms with E-state index in [2.05, 4.69) is 16.4 Å². The van der Waals surface area contributed by atoms with Gasteiger partial charge in [0.05, 0.1) is 12.1 Å². The van der Waals surface area contributed by atoms with Crippen LogP contribution in [0.5, 0.6) is 5.75 Å². The van der Waals surface area contributed by atoms with E-state index >= 15 is 0 Å². The highest BCUT2D eigenvalue weighted by atomic mass is 35.5. The predicted octanol–water partition coefficient (Wildman–Crippen LogP) is 4.70. The van der Waals surface area contributed by atoms with Gasteiger partial charge in [-0.15, -0.1) is 0 Å². The van der Waals surface area contributed by atoms with Crippen LogP contribution < -0.4 is 10.1 Å². The van der Waals surface area contributed by atoms with Gasteiger partial charge >= 0.3 is 0 Å². The number of hydrogen-bond donors (Lipinski definition) is 2. The first kappa shape index (κ1) is 15.4. The molecule has 0 bridgehead atoms. The Labute approximate surface area is 139 Å². The van der Waals surface area contributed by atoms with Crippen molar-refractivity contribution < 1.29 is 9.53 Å². The van der Waals surface area contributed by atoms with Crippen molar-refractivity contribution in [3.8, 4) is 5.75 Å². The molecule has 4 nitrogen and oxygen atoms in total. The van der Waals surface area contributed by atoms with E-state index in [1.807, 2.05) is 26.0 Å². The van der Waals surface area contributed by atoms with E-state index in [4.69, 9.17) is 16.3 Å². The van der Waals surface area contributed by atoms with E-state index in [9.17, 15) is 4.79 Å². The Morgan fingerprint density at radius 2 is 1.96 bits per heavy atom. The van der Waals surface area contributed by atoms with Crippen molar-refractivity contribution in [1.82, 2.24) is 4.98 Å². The van der Waals surface area contributed by atoms with Gasteiger partial charge in [-0.25, -0.2) is 0 Å². The molecule has 3 aromatic rings. The number of nitrogens with one attached hydrogen (secondary N) is 2. The number of benzene rings is 2. The lowest BCUT2D eigenvalue weighted by Gasteiger charge is -2.08. The van der Waals surface area contributed by atoms with Crippen molar-refractivity contribution in [3.63, 3.8) is 0 Å². The number of H-pyrrole nitrogens is 1. The normalized spacial score (nSPS) is 10.8. The quantitative estimate of drug-likeness (QED) is 0.732. The lowest BCUT2D eigenvalue weighted by Crippen LogP contribution is -2.13. The lowest BCUT2D eigenvalue weighted by atomic mass is 10.1. The van der Waals surface area contributed by atoms with Crippen LogP contribution in [0.2, 0.25) is 5.02 Å². The smallest absolute Gasteiger partial charge is 0.272 e. The summed E-state index contributed by atoms with van der Waals surface area (Å²) in [5.41, 5.74) is 4.22. The van der Waals surface area contributed by atoms with Gasteiger partial charge in [0.15, 0.2) is 0 Å². The van der Waals surface area contributed by atoms with Gasteiger partial charge in [0, 0.05) is 16.6 Å². The molecule has 0 saturated heterocycles. The van der Waals surface area contributed by atoms with Crippen molar-refractivity contribution >= 4 is 34.1 Å². The number of ether oxygens (including phenoxy) is 1. The molecule has 2 N–H and O–H groups in total. The minimum atomic E-state index is -0.197. The van der Waals surface area contributed by atoms with Crippen molar-refractivity contribution in [2.24, 2.45) is 0 Å². The van der Waals surface area contributed by atoms with E-state index in [-0.39, 0.29) is 5.91 Å². The molecule has 0 atom stereocenters. The van der Waals surface area contributed by atoms with Gasteiger partial charge in [0.2, 0.25) is 0 Å². The summed E-state index contributed by atoms with van der Waals surface area (Å²) in [6.45, 7) is 3.97. The molecule has 1 amide bonds. The summed E-state index contributed by atoms with van der Waals surface area (Å²) in [6, 6.07) is 11.2. The molecule has 2 aromatic carbocycles. The minimum absolute atomic E-state index is 0.197. The summed E-state index contributed by atoms with van der Waals surface area (Å²) in [4.78, 5) is 15.7. The van der Waals surface area contributed by atoms with Crippen LogP contribution in [0.1, 0.15) is 21.6 Å². The number of halogens is 1. The maximum absolute atomic E-state index is 12.5. The van der Waals surface area contributed by atoms with Crippen LogP contribution >= 0.6 is 11.6 Å². The number of hydrogen-bond acceptors (Lipinski definition) is 2. The molecule has 0 fully saturated rings. The van der Waals surface area contributed by atoms with Gasteiger partial charge in [-0.2, -0.15) is 0 Å². The molecule has 0 aliphatic carbocycles. The highest BCUT2D eigenvalue weighted by molar-refractivity contribution is 6.32. The Kier molecular flexibility index (Phi) is 4.01. The number of carbonyl (C=O) groups excluding carboxylic acids is 1. The molecular formula is C18H17ClN2O2. The molecular weight excluding hydrogens is 312 g/mol. The summed E-state index contributed by atoms with van der Waals surface area (Å²) in [5.74, 6) is 0.375. The zero-order chi connectivity index (χ0) is 16.6. The summed E-state index contributed by atoms with van der Waals surface area (Å²) in [5, 5.41) is 4.37. The minimum Gasteiger partial charge on any atom is -0.495 e. The highest BCUT2D eigenvalue weighted by Crippen LogP contribution is 2.28. The third kappa shape index (κ3) is 2.90. The molecule has 23 heavy (non-hydrogen) atoms. The first-order valence-electron chi connectivity index (χ1n) is 7.23. The number of rotatable bonds is 3. The first-order valence-corrected chi connectivity index (χ1v) is 7.61. The summed E-state index contributed by atoms with van der Waals surface area (Å²) >= 11 is 6.09. The van der Waals surface area contributed by atoms with Crippen molar-refractivity contribution in [2.75, 3.05) is 12.4 Å². The van der Waals surface area contributed by atoms with E-state index in [0.717, 1.165) is 22.0 Å². The van der Waals surface area contributed by atoms with Gasteiger partial charge < -0.3 is 15.0 Å². The fourth-order valence-electron chi connectivity index (χ4n) is 2.61. The molecule has 0 aliphatic heterocycles. The second-order valence-corrected chi connectivity index (χ2v) is 5.88. The van der Waals surface area contributed by atoms with Crippen molar-refractivity contribution in [1.29, 1.82) is 0 Å². The van der Waals surface area contributed by atoms with Gasteiger partial charge in [0.1, 0.15) is 11.4 Å². The van der Waals surface area contributed by atoms with Crippen LogP contribution in [0.15, 0.2) is 36.4 Å². The maximum Gasteiger partial charge on any atom is 0.272 e. The Morgan fingerprint density at radius 3 is 2.65 bits per heavy atom. The third-order valence-corrected chi connectivity index (χ3v) is 4.15. The topological polar surface area (TPSA) is 54.1 Å².